The van der Waals surface area contributed by atoms with Crippen molar-refractivity contribution in [3.05, 3.63) is 93.2 Å². The van der Waals surface area contributed by atoms with E-state index in [2.05, 4.69) is 20.4 Å². The lowest BCUT2D eigenvalue weighted by Gasteiger charge is -2.22. The summed E-state index contributed by atoms with van der Waals surface area (Å²) in [6.07, 6.45) is -2.14. The molecule has 0 amide bonds. The Labute approximate surface area is 229 Å². The third-order valence-electron chi connectivity index (χ3n) is 6.65. The quantitative estimate of drug-likeness (QED) is 0.253. The number of benzene rings is 1. The molecule has 0 unspecified atom stereocenters. The van der Waals surface area contributed by atoms with E-state index < -0.39 is 47.6 Å². The van der Waals surface area contributed by atoms with Crippen LogP contribution in [0.5, 0.6) is 0 Å². The minimum Gasteiger partial charge on any atom is -0.267 e. The third-order valence-corrected chi connectivity index (χ3v) is 6.65. The SMILES string of the molecule is Cn1nnc(-c2cc(C3CCCCC3)c(=O)n(Cc3ncccc3C(F)(F)F)n2)c1C(F)F.Fc1cccc(F)c1. The first-order chi connectivity index (χ1) is 19.5. The summed E-state index contributed by atoms with van der Waals surface area (Å²) < 4.78 is 93.3. The van der Waals surface area contributed by atoms with E-state index in [4.69, 9.17) is 0 Å². The van der Waals surface area contributed by atoms with Gasteiger partial charge in [0.2, 0.25) is 0 Å². The average molecular weight is 583 g/mol. The van der Waals surface area contributed by atoms with E-state index >= 15 is 0 Å². The molecule has 0 atom stereocenters. The van der Waals surface area contributed by atoms with E-state index in [1.54, 1.807) is 0 Å². The van der Waals surface area contributed by atoms with Crippen molar-refractivity contribution in [2.75, 3.05) is 0 Å². The number of aromatic nitrogens is 6. The highest BCUT2D eigenvalue weighted by atomic mass is 19.4. The second-order valence-electron chi connectivity index (χ2n) is 9.47. The lowest BCUT2D eigenvalue weighted by molar-refractivity contribution is -0.138. The van der Waals surface area contributed by atoms with Crippen molar-refractivity contribution < 1.29 is 30.7 Å². The van der Waals surface area contributed by atoms with Crippen molar-refractivity contribution in [3.63, 3.8) is 0 Å². The Morgan fingerprint density at radius 2 is 1.68 bits per heavy atom. The Balaban J connectivity index is 0.000000417. The molecular weight excluding hydrogens is 557 g/mol. The van der Waals surface area contributed by atoms with Crippen LogP contribution in [0.25, 0.3) is 11.4 Å². The molecule has 4 aromatic rings. The van der Waals surface area contributed by atoms with Crippen LogP contribution in [0.15, 0.2) is 53.5 Å². The number of aryl methyl sites for hydroxylation is 1. The van der Waals surface area contributed by atoms with Crippen LogP contribution in [0.1, 0.15) is 67.0 Å². The molecule has 0 spiro atoms. The fraction of sp³-hybridized carbons (Fsp3) is 0.370. The Morgan fingerprint density at radius 3 is 2.27 bits per heavy atom. The lowest BCUT2D eigenvalue weighted by Crippen LogP contribution is -2.30. The highest BCUT2D eigenvalue weighted by Crippen LogP contribution is 2.34. The number of hydrogen-bond acceptors (Lipinski definition) is 5. The van der Waals surface area contributed by atoms with Gasteiger partial charge in [-0.25, -0.2) is 26.9 Å². The van der Waals surface area contributed by atoms with Gasteiger partial charge in [-0.3, -0.25) is 9.78 Å². The van der Waals surface area contributed by atoms with Crippen LogP contribution in [0.3, 0.4) is 0 Å². The predicted octanol–water partition coefficient (Wildman–Crippen LogP) is 6.45. The zero-order chi connectivity index (χ0) is 29.7. The molecule has 3 aromatic heterocycles. The van der Waals surface area contributed by atoms with E-state index in [1.807, 2.05) is 0 Å². The van der Waals surface area contributed by atoms with Gasteiger partial charge in [0, 0.05) is 24.9 Å². The van der Waals surface area contributed by atoms with Crippen molar-refractivity contribution in [2.45, 2.75) is 57.2 Å². The van der Waals surface area contributed by atoms with Gasteiger partial charge in [-0.1, -0.05) is 30.5 Å². The number of alkyl halides is 5. The minimum absolute atomic E-state index is 0.0388. The van der Waals surface area contributed by atoms with Crippen molar-refractivity contribution in [3.8, 4) is 11.4 Å². The van der Waals surface area contributed by atoms with E-state index in [9.17, 15) is 35.5 Å². The Kier molecular flexibility index (Phi) is 9.18. The molecule has 0 bridgehead atoms. The second kappa shape index (κ2) is 12.6. The normalized spacial score (nSPS) is 14.2. The molecule has 1 saturated carbocycles. The fourth-order valence-electron chi connectivity index (χ4n) is 4.71. The van der Waals surface area contributed by atoms with Crippen LogP contribution < -0.4 is 5.56 Å². The maximum Gasteiger partial charge on any atom is 0.418 e. The van der Waals surface area contributed by atoms with Crippen LogP contribution in [-0.2, 0) is 19.8 Å². The summed E-state index contributed by atoms with van der Waals surface area (Å²) in [6.45, 7) is -0.563. The molecule has 41 heavy (non-hydrogen) atoms. The largest absolute Gasteiger partial charge is 0.418 e. The summed E-state index contributed by atoms with van der Waals surface area (Å²) in [4.78, 5) is 17.0. The average Bonchev–Trinajstić information content (AvgIpc) is 3.32. The monoisotopic (exact) mass is 582 g/mol. The summed E-state index contributed by atoms with van der Waals surface area (Å²) in [7, 11) is 1.31. The number of rotatable bonds is 5. The first-order valence-corrected chi connectivity index (χ1v) is 12.7. The topological polar surface area (TPSA) is 78.5 Å². The van der Waals surface area contributed by atoms with Crippen LogP contribution in [0.2, 0.25) is 0 Å². The van der Waals surface area contributed by atoms with Crippen molar-refractivity contribution in [2.24, 2.45) is 7.05 Å². The molecule has 0 saturated heterocycles. The molecule has 7 nitrogen and oxygen atoms in total. The fourth-order valence-corrected chi connectivity index (χ4v) is 4.71. The van der Waals surface area contributed by atoms with Gasteiger partial charge in [-0.15, -0.1) is 5.10 Å². The van der Waals surface area contributed by atoms with Gasteiger partial charge in [0.25, 0.3) is 12.0 Å². The first-order valence-electron chi connectivity index (χ1n) is 12.7. The van der Waals surface area contributed by atoms with Gasteiger partial charge in [0.15, 0.2) is 0 Å². The zero-order valence-corrected chi connectivity index (χ0v) is 21.8. The maximum atomic E-state index is 13.6. The molecule has 1 fully saturated rings. The Morgan fingerprint density at radius 1 is 1.00 bits per heavy atom. The molecule has 14 heteroatoms. The van der Waals surface area contributed by atoms with E-state index in [-0.39, 0.29) is 23.0 Å². The number of hydrogen-bond donors (Lipinski definition) is 0. The molecule has 5 rings (SSSR count). The molecule has 1 aliphatic carbocycles. The highest BCUT2D eigenvalue weighted by Gasteiger charge is 2.34. The van der Waals surface area contributed by atoms with Crippen LogP contribution in [0, 0.1) is 11.6 Å². The molecule has 1 aromatic carbocycles. The number of halogens is 7. The molecule has 3 heterocycles. The summed E-state index contributed by atoms with van der Waals surface area (Å²) in [5, 5.41) is 11.5. The molecule has 0 N–H and O–H groups in total. The minimum atomic E-state index is -4.68. The maximum absolute atomic E-state index is 13.6. The third kappa shape index (κ3) is 7.16. The van der Waals surface area contributed by atoms with Crippen molar-refractivity contribution in [1.82, 2.24) is 29.8 Å². The number of nitrogens with zero attached hydrogens (tertiary/aromatic N) is 6. The molecule has 1 aliphatic rings. The first kappa shape index (κ1) is 29.9. The number of pyridine rings is 1. The van der Waals surface area contributed by atoms with Gasteiger partial charge in [-0.2, -0.15) is 18.3 Å². The smallest absolute Gasteiger partial charge is 0.267 e. The molecular formula is C27H25F7N6O. The van der Waals surface area contributed by atoms with E-state index in [0.717, 1.165) is 59.7 Å². The van der Waals surface area contributed by atoms with Crippen LogP contribution >= 0.6 is 0 Å². The molecule has 0 radical (unpaired) electrons. The molecule has 0 aliphatic heterocycles. The Hall–Kier alpha value is -4.10. The van der Waals surface area contributed by atoms with Crippen molar-refractivity contribution in [1.29, 1.82) is 0 Å². The van der Waals surface area contributed by atoms with Crippen LogP contribution in [-0.4, -0.2) is 29.8 Å². The predicted molar refractivity (Wildman–Crippen MR) is 134 cm³/mol. The molecule has 218 valence electrons. The van der Waals surface area contributed by atoms with E-state index in [0.29, 0.717) is 5.56 Å². The lowest BCUT2D eigenvalue weighted by atomic mass is 9.84. The van der Waals surface area contributed by atoms with E-state index in [1.165, 1.54) is 37.5 Å². The van der Waals surface area contributed by atoms with Gasteiger partial charge < -0.3 is 0 Å². The highest BCUT2D eigenvalue weighted by molar-refractivity contribution is 5.57. The van der Waals surface area contributed by atoms with Gasteiger partial charge in [0.05, 0.1) is 17.8 Å². The zero-order valence-electron chi connectivity index (χ0n) is 21.8. The second-order valence-corrected chi connectivity index (χ2v) is 9.47. The summed E-state index contributed by atoms with van der Waals surface area (Å²) in [5.41, 5.74) is -2.35. The van der Waals surface area contributed by atoms with Gasteiger partial charge in [-0.05, 0) is 49.1 Å². The van der Waals surface area contributed by atoms with Gasteiger partial charge >= 0.3 is 6.18 Å². The summed E-state index contributed by atoms with van der Waals surface area (Å²) in [5.74, 6) is -1.22. The summed E-state index contributed by atoms with van der Waals surface area (Å²) >= 11 is 0. The standard InChI is InChI=1S/C21H21F5N6O.C6H4F2/c1-31-18(19(22)23)17(28-30-31)15-10-13(12-6-3-2-4-7-12)20(33)32(29-15)11-16-14(21(24,25)26)8-5-9-27-16;7-5-2-1-3-6(8)4-5/h5,8-10,12,19H,2-4,6-7,11H2,1H3;1-4H. The summed E-state index contributed by atoms with van der Waals surface area (Å²) in [6, 6.07) is 8.00. The Bertz CT molecular complexity index is 1530. The van der Waals surface area contributed by atoms with Crippen LogP contribution in [0.4, 0.5) is 30.7 Å². The van der Waals surface area contributed by atoms with Gasteiger partial charge in [0.1, 0.15) is 28.7 Å². The van der Waals surface area contributed by atoms with Crippen molar-refractivity contribution >= 4 is 0 Å².